The van der Waals surface area contributed by atoms with Crippen LogP contribution in [-0.4, -0.2) is 45.2 Å². The third kappa shape index (κ3) is 2.68. The topological polar surface area (TPSA) is 93.3 Å². The first-order valence-corrected chi connectivity index (χ1v) is 7.83. The lowest BCUT2D eigenvalue weighted by Gasteiger charge is -2.25. The van der Waals surface area contributed by atoms with E-state index in [2.05, 4.69) is 15.6 Å². The van der Waals surface area contributed by atoms with Crippen LogP contribution in [0.5, 0.6) is 0 Å². The fourth-order valence-electron chi connectivity index (χ4n) is 3.22. The lowest BCUT2D eigenvalue weighted by Crippen LogP contribution is -2.33. The fraction of sp³-hybridized carbons (Fsp3) is 0.500. The normalized spacial score (nSPS) is 20.7. The number of aryl methyl sites for hydroxylation is 2. The van der Waals surface area contributed by atoms with Crippen molar-refractivity contribution < 1.29 is 14.1 Å². The molecule has 0 bridgehead atoms. The van der Waals surface area contributed by atoms with E-state index in [9.17, 15) is 9.59 Å². The summed E-state index contributed by atoms with van der Waals surface area (Å²) in [4.78, 5) is 26.1. The molecule has 2 atom stereocenters. The zero-order valence-electron chi connectivity index (χ0n) is 14.2. The third-order valence-electron chi connectivity index (χ3n) is 4.77. The Bertz CT molecular complexity index is 779. The number of nitrogens with one attached hydrogen (secondary N) is 1. The van der Waals surface area contributed by atoms with Crippen LogP contribution in [-0.2, 0) is 11.8 Å². The Morgan fingerprint density at radius 2 is 2.17 bits per heavy atom. The second-order valence-corrected chi connectivity index (χ2v) is 6.28. The zero-order chi connectivity index (χ0) is 17.4. The van der Waals surface area contributed by atoms with Crippen LogP contribution in [0.15, 0.2) is 17.0 Å². The highest BCUT2D eigenvalue weighted by Crippen LogP contribution is 2.37. The number of carbonyl (C=O) groups is 2. The SMILES string of the molecule is Cc1conc1C(=O)NC[C@H]1CC(=O)N(C)[C@@H]1c1cnn(C)c1C. The Balaban J connectivity index is 1.76. The summed E-state index contributed by atoms with van der Waals surface area (Å²) in [5, 5.41) is 10.8. The molecule has 1 aliphatic rings. The summed E-state index contributed by atoms with van der Waals surface area (Å²) < 4.78 is 6.59. The first-order valence-electron chi connectivity index (χ1n) is 7.83. The van der Waals surface area contributed by atoms with Gasteiger partial charge in [-0.15, -0.1) is 0 Å². The average molecular weight is 331 g/mol. The van der Waals surface area contributed by atoms with E-state index in [1.165, 1.54) is 6.26 Å². The molecule has 0 saturated carbocycles. The van der Waals surface area contributed by atoms with Gasteiger partial charge in [0.25, 0.3) is 5.91 Å². The maximum Gasteiger partial charge on any atom is 0.273 e. The number of hydrogen-bond acceptors (Lipinski definition) is 5. The lowest BCUT2D eigenvalue weighted by molar-refractivity contribution is -0.127. The van der Waals surface area contributed by atoms with E-state index in [-0.39, 0.29) is 29.5 Å². The van der Waals surface area contributed by atoms with Crippen molar-refractivity contribution in [3.63, 3.8) is 0 Å². The van der Waals surface area contributed by atoms with E-state index in [0.29, 0.717) is 18.5 Å². The Kier molecular flexibility index (Phi) is 4.13. The predicted octanol–water partition coefficient (Wildman–Crippen LogP) is 0.974. The molecule has 8 nitrogen and oxygen atoms in total. The minimum atomic E-state index is -0.287. The number of likely N-dealkylation sites (tertiary alicyclic amines) is 1. The van der Waals surface area contributed by atoms with Crippen molar-refractivity contribution in [3.05, 3.63) is 35.0 Å². The highest BCUT2D eigenvalue weighted by Gasteiger charge is 2.40. The van der Waals surface area contributed by atoms with Crippen LogP contribution in [0.25, 0.3) is 0 Å². The van der Waals surface area contributed by atoms with Gasteiger partial charge in [-0.3, -0.25) is 14.3 Å². The minimum Gasteiger partial charge on any atom is -0.364 e. The second kappa shape index (κ2) is 6.10. The Morgan fingerprint density at radius 3 is 2.75 bits per heavy atom. The second-order valence-electron chi connectivity index (χ2n) is 6.28. The number of nitrogens with zero attached hydrogens (tertiary/aromatic N) is 4. The number of carbonyl (C=O) groups excluding carboxylic acids is 2. The maximum absolute atomic E-state index is 12.2. The molecule has 0 unspecified atom stereocenters. The summed E-state index contributed by atoms with van der Waals surface area (Å²) >= 11 is 0. The van der Waals surface area contributed by atoms with Crippen LogP contribution in [0, 0.1) is 19.8 Å². The summed E-state index contributed by atoms with van der Waals surface area (Å²) in [7, 11) is 3.67. The van der Waals surface area contributed by atoms with Crippen LogP contribution in [0.1, 0.15) is 39.8 Å². The first kappa shape index (κ1) is 16.2. The lowest BCUT2D eigenvalue weighted by atomic mass is 9.94. The molecule has 3 heterocycles. The monoisotopic (exact) mass is 331 g/mol. The molecule has 128 valence electrons. The van der Waals surface area contributed by atoms with Crippen molar-refractivity contribution in [2.75, 3.05) is 13.6 Å². The summed E-state index contributed by atoms with van der Waals surface area (Å²) in [6.07, 6.45) is 3.63. The van der Waals surface area contributed by atoms with Crippen molar-refractivity contribution in [1.29, 1.82) is 0 Å². The molecule has 2 amide bonds. The van der Waals surface area contributed by atoms with Gasteiger partial charge < -0.3 is 14.7 Å². The molecule has 8 heteroatoms. The molecule has 0 aromatic carbocycles. The predicted molar refractivity (Wildman–Crippen MR) is 85.1 cm³/mol. The van der Waals surface area contributed by atoms with Gasteiger partial charge >= 0.3 is 0 Å². The summed E-state index contributed by atoms with van der Waals surface area (Å²) in [5.41, 5.74) is 3.00. The van der Waals surface area contributed by atoms with E-state index in [1.54, 1.807) is 29.7 Å². The highest BCUT2D eigenvalue weighted by atomic mass is 16.5. The van der Waals surface area contributed by atoms with Crippen molar-refractivity contribution in [1.82, 2.24) is 25.2 Å². The molecule has 0 radical (unpaired) electrons. The van der Waals surface area contributed by atoms with E-state index in [0.717, 1.165) is 11.3 Å². The number of amides is 2. The van der Waals surface area contributed by atoms with Crippen LogP contribution in [0.4, 0.5) is 0 Å². The molecule has 3 rings (SSSR count). The number of hydrogen-bond donors (Lipinski definition) is 1. The molecule has 1 aliphatic heterocycles. The van der Waals surface area contributed by atoms with E-state index >= 15 is 0 Å². The van der Waals surface area contributed by atoms with Crippen LogP contribution >= 0.6 is 0 Å². The molecule has 0 aliphatic carbocycles. The zero-order valence-corrected chi connectivity index (χ0v) is 14.2. The Labute approximate surface area is 139 Å². The number of rotatable bonds is 4. The van der Waals surface area contributed by atoms with Crippen molar-refractivity contribution >= 4 is 11.8 Å². The van der Waals surface area contributed by atoms with Crippen molar-refractivity contribution in [3.8, 4) is 0 Å². The smallest absolute Gasteiger partial charge is 0.273 e. The van der Waals surface area contributed by atoms with Gasteiger partial charge in [-0.2, -0.15) is 5.10 Å². The molecule has 2 aromatic heterocycles. The molecular weight excluding hydrogens is 310 g/mol. The van der Waals surface area contributed by atoms with Gasteiger partial charge in [-0.25, -0.2) is 0 Å². The van der Waals surface area contributed by atoms with E-state index in [1.807, 2.05) is 14.0 Å². The van der Waals surface area contributed by atoms with Crippen LogP contribution in [0.2, 0.25) is 0 Å². The third-order valence-corrected chi connectivity index (χ3v) is 4.77. The molecule has 1 fully saturated rings. The van der Waals surface area contributed by atoms with Gasteiger partial charge in [-0.1, -0.05) is 5.16 Å². The fourth-order valence-corrected chi connectivity index (χ4v) is 3.22. The maximum atomic E-state index is 12.2. The van der Waals surface area contributed by atoms with Gasteiger partial charge in [0.2, 0.25) is 5.91 Å². The van der Waals surface area contributed by atoms with Gasteiger partial charge in [0.15, 0.2) is 5.69 Å². The Morgan fingerprint density at radius 1 is 1.42 bits per heavy atom. The van der Waals surface area contributed by atoms with Crippen molar-refractivity contribution in [2.45, 2.75) is 26.3 Å². The summed E-state index contributed by atoms with van der Waals surface area (Å²) in [6.45, 7) is 4.13. The number of aromatic nitrogens is 3. The molecular formula is C16H21N5O3. The Hall–Kier alpha value is -2.64. The van der Waals surface area contributed by atoms with Gasteiger partial charge in [0.05, 0.1) is 12.2 Å². The standard InChI is InChI=1S/C16H21N5O3/c1-9-8-24-19-14(9)16(23)17-6-11-5-13(22)20(3)15(11)12-7-18-21(4)10(12)2/h7-8,11,15H,5-6H2,1-4H3,(H,17,23)/t11-,15+/m1/s1. The highest BCUT2D eigenvalue weighted by molar-refractivity contribution is 5.93. The first-order chi connectivity index (χ1) is 11.4. The molecule has 2 aromatic rings. The molecule has 1 saturated heterocycles. The van der Waals surface area contributed by atoms with Gasteiger partial charge in [0.1, 0.15) is 6.26 Å². The van der Waals surface area contributed by atoms with E-state index < -0.39 is 0 Å². The summed E-state index contributed by atoms with van der Waals surface area (Å²) in [6, 6.07) is -0.0927. The molecule has 1 N–H and O–H groups in total. The van der Waals surface area contributed by atoms with Crippen molar-refractivity contribution in [2.24, 2.45) is 13.0 Å². The minimum absolute atomic E-state index is 0.0124. The van der Waals surface area contributed by atoms with E-state index in [4.69, 9.17) is 4.52 Å². The quantitative estimate of drug-likeness (QED) is 0.901. The van der Waals surface area contributed by atoms with Crippen LogP contribution in [0.3, 0.4) is 0 Å². The van der Waals surface area contributed by atoms with Crippen LogP contribution < -0.4 is 5.32 Å². The molecule has 0 spiro atoms. The molecule has 24 heavy (non-hydrogen) atoms. The summed E-state index contributed by atoms with van der Waals surface area (Å²) in [5.74, 6) is -0.230. The largest absolute Gasteiger partial charge is 0.364 e. The average Bonchev–Trinajstić information content (AvgIpc) is 3.19. The van der Waals surface area contributed by atoms with Gasteiger partial charge in [0, 0.05) is 49.8 Å². The van der Waals surface area contributed by atoms with Gasteiger partial charge in [-0.05, 0) is 13.8 Å².